The monoisotopic (exact) mass is 658 g/mol. The summed E-state index contributed by atoms with van der Waals surface area (Å²) in [5.41, 5.74) is 3.37. The molecule has 8 heteroatoms. The minimum absolute atomic E-state index is 0.282. The summed E-state index contributed by atoms with van der Waals surface area (Å²) >= 11 is 4.65. The van der Waals surface area contributed by atoms with Crippen LogP contribution in [0, 0.1) is 7.14 Å². The van der Waals surface area contributed by atoms with Gasteiger partial charge < -0.3 is 0 Å². The van der Waals surface area contributed by atoms with E-state index in [1.165, 1.54) is 18.3 Å². The molecular weight excluding hydrogens is 632 g/mol. The molecule has 30 heavy (non-hydrogen) atoms. The van der Waals surface area contributed by atoms with Crippen molar-refractivity contribution in [2.45, 2.75) is 64.7 Å². The Labute approximate surface area is 202 Å². The SMILES string of the molecule is CC(C)(C)c1ccc(I)cc1.CC(C)(C)c1ccc(I)cc1.FC(F)(F)C(F)(F)F. The van der Waals surface area contributed by atoms with Crippen molar-refractivity contribution in [2.75, 3.05) is 0 Å². The minimum Gasteiger partial charge on any atom is -0.162 e. The summed E-state index contributed by atoms with van der Waals surface area (Å²) in [6.45, 7) is 13.4. The average Bonchev–Trinajstić information content (AvgIpc) is 2.53. The Kier molecular flexibility index (Phi) is 11.2. The first-order valence-corrected chi connectivity index (χ1v) is 11.1. The Hall–Kier alpha value is -0.520. The second-order valence-electron chi connectivity index (χ2n) is 8.51. The van der Waals surface area contributed by atoms with Gasteiger partial charge in [-0.15, -0.1) is 0 Å². The van der Waals surface area contributed by atoms with Gasteiger partial charge in [0.1, 0.15) is 0 Å². The smallest absolute Gasteiger partial charge is 0.162 e. The molecule has 2 aromatic carbocycles. The molecule has 0 amide bonds. The molecule has 0 heterocycles. The Morgan fingerprint density at radius 1 is 0.467 bits per heavy atom. The Morgan fingerprint density at radius 3 is 0.800 bits per heavy atom. The molecule has 0 spiro atoms. The molecular formula is C22H26F6I2. The van der Waals surface area contributed by atoms with Crippen molar-refractivity contribution in [2.24, 2.45) is 0 Å². The van der Waals surface area contributed by atoms with Crippen molar-refractivity contribution in [1.29, 1.82) is 0 Å². The molecule has 0 saturated carbocycles. The molecule has 0 unspecified atom stereocenters. The molecule has 0 atom stereocenters. The van der Waals surface area contributed by atoms with E-state index in [-0.39, 0.29) is 10.8 Å². The van der Waals surface area contributed by atoms with Crippen molar-refractivity contribution < 1.29 is 26.3 Å². The maximum Gasteiger partial charge on any atom is 0.487 e. The highest BCUT2D eigenvalue weighted by atomic mass is 127. The lowest BCUT2D eigenvalue weighted by Crippen LogP contribution is -2.30. The van der Waals surface area contributed by atoms with Crippen LogP contribution < -0.4 is 0 Å². The van der Waals surface area contributed by atoms with E-state index in [0.717, 1.165) is 0 Å². The van der Waals surface area contributed by atoms with Crippen LogP contribution in [0.4, 0.5) is 26.3 Å². The molecule has 0 aliphatic heterocycles. The van der Waals surface area contributed by atoms with Gasteiger partial charge in [0, 0.05) is 7.14 Å². The lowest BCUT2D eigenvalue weighted by Gasteiger charge is -2.18. The van der Waals surface area contributed by atoms with E-state index >= 15 is 0 Å². The van der Waals surface area contributed by atoms with Crippen LogP contribution in [0.1, 0.15) is 52.7 Å². The number of halogens is 8. The fourth-order valence-electron chi connectivity index (χ4n) is 1.90. The Balaban J connectivity index is 0.000000428. The molecule has 0 aliphatic carbocycles. The topological polar surface area (TPSA) is 0 Å². The maximum atomic E-state index is 10.4. The van der Waals surface area contributed by atoms with Gasteiger partial charge in [-0.05, 0) is 91.4 Å². The minimum atomic E-state index is -6.06. The van der Waals surface area contributed by atoms with E-state index in [0.29, 0.717) is 0 Å². The van der Waals surface area contributed by atoms with E-state index < -0.39 is 12.4 Å². The van der Waals surface area contributed by atoms with Crippen LogP contribution in [0.3, 0.4) is 0 Å². The van der Waals surface area contributed by atoms with Gasteiger partial charge in [0.15, 0.2) is 0 Å². The molecule has 2 rings (SSSR count). The van der Waals surface area contributed by atoms with Gasteiger partial charge >= 0.3 is 12.4 Å². The molecule has 0 bridgehead atoms. The third-order valence-electron chi connectivity index (χ3n) is 3.74. The Morgan fingerprint density at radius 2 is 0.667 bits per heavy atom. The van der Waals surface area contributed by atoms with Gasteiger partial charge in [0.25, 0.3) is 0 Å². The van der Waals surface area contributed by atoms with Crippen LogP contribution in [0.15, 0.2) is 48.5 Å². The normalized spacial score (nSPS) is 12.3. The molecule has 2 aromatic rings. The zero-order valence-corrected chi connectivity index (χ0v) is 22.0. The summed E-state index contributed by atoms with van der Waals surface area (Å²) < 4.78 is 65.2. The second-order valence-corrected chi connectivity index (χ2v) is 11.0. The first-order valence-electron chi connectivity index (χ1n) is 8.90. The van der Waals surface area contributed by atoms with Gasteiger partial charge in [-0.2, -0.15) is 26.3 Å². The number of hydrogen-bond acceptors (Lipinski definition) is 0. The molecule has 0 aromatic heterocycles. The molecule has 0 aliphatic rings. The van der Waals surface area contributed by atoms with Crippen LogP contribution >= 0.6 is 45.2 Å². The summed E-state index contributed by atoms with van der Waals surface area (Å²) in [4.78, 5) is 0. The number of rotatable bonds is 0. The third kappa shape index (κ3) is 11.8. The van der Waals surface area contributed by atoms with Crippen LogP contribution in [0.25, 0.3) is 0 Å². The lowest BCUT2D eigenvalue weighted by molar-refractivity contribution is -0.339. The summed E-state index contributed by atoms with van der Waals surface area (Å²) in [7, 11) is 0. The fourth-order valence-corrected chi connectivity index (χ4v) is 2.62. The molecule has 0 fully saturated rings. The summed E-state index contributed by atoms with van der Waals surface area (Å²) in [6.07, 6.45) is -12.1. The van der Waals surface area contributed by atoms with Crippen LogP contribution in [0.5, 0.6) is 0 Å². The molecule has 0 N–H and O–H groups in total. The highest BCUT2D eigenvalue weighted by molar-refractivity contribution is 14.1. The Bertz CT molecular complexity index is 680. The zero-order valence-electron chi connectivity index (χ0n) is 17.6. The van der Waals surface area contributed by atoms with Gasteiger partial charge in [0.05, 0.1) is 0 Å². The van der Waals surface area contributed by atoms with Crippen molar-refractivity contribution >= 4 is 45.2 Å². The van der Waals surface area contributed by atoms with E-state index in [1.54, 1.807) is 0 Å². The number of alkyl halides is 6. The first-order chi connectivity index (χ1) is 13.2. The van der Waals surface area contributed by atoms with Crippen molar-refractivity contribution in [3.8, 4) is 0 Å². The van der Waals surface area contributed by atoms with Crippen LogP contribution in [0.2, 0.25) is 0 Å². The highest BCUT2D eigenvalue weighted by Gasteiger charge is 2.58. The largest absolute Gasteiger partial charge is 0.487 e. The second kappa shape index (κ2) is 11.4. The zero-order chi connectivity index (χ0) is 24.0. The van der Waals surface area contributed by atoms with Gasteiger partial charge in [-0.3, -0.25) is 0 Å². The lowest BCUT2D eigenvalue weighted by atomic mass is 9.87. The van der Waals surface area contributed by atoms with Crippen molar-refractivity contribution in [3.05, 3.63) is 66.8 Å². The summed E-state index contributed by atoms with van der Waals surface area (Å²) in [5, 5.41) is 0. The summed E-state index contributed by atoms with van der Waals surface area (Å²) in [6, 6.07) is 17.4. The molecule has 0 nitrogen and oxygen atoms in total. The summed E-state index contributed by atoms with van der Waals surface area (Å²) in [5.74, 6) is 0. The van der Waals surface area contributed by atoms with Gasteiger partial charge in [0.2, 0.25) is 0 Å². The van der Waals surface area contributed by atoms with E-state index in [2.05, 4.69) is 135 Å². The van der Waals surface area contributed by atoms with Crippen LogP contribution in [-0.2, 0) is 10.8 Å². The number of hydrogen-bond donors (Lipinski definition) is 0. The standard InChI is InChI=1S/2C10H13I.C2F6/c2*1-10(2,3)8-4-6-9(11)7-5-8;3-1(4,5)2(6,7)8/h2*4-7H,1-3H3;. The van der Waals surface area contributed by atoms with Crippen molar-refractivity contribution in [1.82, 2.24) is 0 Å². The van der Waals surface area contributed by atoms with Crippen LogP contribution in [-0.4, -0.2) is 12.4 Å². The molecule has 170 valence electrons. The highest BCUT2D eigenvalue weighted by Crippen LogP contribution is 2.35. The van der Waals surface area contributed by atoms with Gasteiger partial charge in [-0.1, -0.05) is 65.8 Å². The van der Waals surface area contributed by atoms with E-state index in [9.17, 15) is 26.3 Å². The predicted octanol–water partition coefficient (Wildman–Crippen LogP) is 9.29. The van der Waals surface area contributed by atoms with E-state index in [4.69, 9.17) is 0 Å². The third-order valence-corrected chi connectivity index (χ3v) is 5.18. The molecule has 0 saturated heterocycles. The maximum absolute atomic E-state index is 10.4. The number of benzene rings is 2. The van der Waals surface area contributed by atoms with Crippen molar-refractivity contribution in [3.63, 3.8) is 0 Å². The fraction of sp³-hybridized carbons (Fsp3) is 0.455. The molecule has 0 radical (unpaired) electrons. The van der Waals surface area contributed by atoms with E-state index in [1.807, 2.05) is 0 Å². The predicted molar refractivity (Wildman–Crippen MR) is 128 cm³/mol. The van der Waals surface area contributed by atoms with Gasteiger partial charge in [-0.25, -0.2) is 0 Å². The quantitative estimate of drug-likeness (QED) is 0.196. The average molecular weight is 658 g/mol. The first kappa shape index (κ1) is 29.5.